The summed E-state index contributed by atoms with van der Waals surface area (Å²) in [7, 11) is -4.64. The average Bonchev–Trinajstić information content (AvgIpc) is 0.722. The van der Waals surface area contributed by atoms with Gasteiger partial charge in [0.15, 0.2) is 0 Å². The summed E-state index contributed by atoms with van der Waals surface area (Å²) in [5.41, 5.74) is 0. The van der Waals surface area contributed by atoms with Crippen molar-refractivity contribution < 1.29 is 27.8 Å². The Hall–Kier alpha value is 4.81. The summed E-state index contributed by atoms with van der Waals surface area (Å²) in [5, 5.41) is 0. The Bertz CT molecular complexity index is 76.5. The second kappa shape index (κ2) is 15.3. The van der Waals surface area contributed by atoms with Gasteiger partial charge in [-0.25, -0.2) is 4.57 Å². The van der Waals surface area contributed by atoms with Crippen LogP contribution in [0.15, 0.2) is 0 Å². The second-order valence-electron chi connectivity index (χ2n) is 0.513. The summed E-state index contributed by atoms with van der Waals surface area (Å²) < 4.78 is 8.88. The molecule has 0 fully saturated rings. The van der Waals surface area contributed by atoms with E-state index in [-0.39, 0.29) is 149 Å². The molecule has 0 rings (SSSR count). The van der Waals surface area contributed by atoms with Crippen molar-refractivity contribution in [1.29, 1.82) is 0 Å². The zero-order valence-electron chi connectivity index (χ0n) is 11.0. The molecule has 0 saturated carbocycles. The number of rotatable bonds is 0. The van der Waals surface area contributed by atoms with Crippen molar-refractivity contribution in [3.05, 3.63) is 0 Å². The molecule has 0 aromatic carbocycles. The molecule has 0 aliphatic rings. The second-order valence-corrected chi connectivity index (χ2v) is 1.54. The number of phosphoric acid groups is 1. The predicted octanol–water partition coefficient (Wildman–Crippen LogP) is -2.31. The Morgan fingerprint density at radius 3 is 1.00 bits per heavy atom. The molecule has 0 atom stereocenters. The van der Waals surface area contributed by atoms with Crippen molar-refractivity contribution in [2.24, 2.45) is 0 Å². The van der Waals surface area contributed by atoms with Gasteiger partial charge in [0.25, 0.3) is 0 Å². The molecule has 0 saturated heterocycles. The van der Waals surface area contributed by atoms with E-state index in [2.05, 4.69) is 0 Å². The van der Waals surface area contributed by atoms with Gasteiger partial charge < -0.3 is 23.2 Å². The van der Waals surface area contributed by atoms with Crippen LogP contribution in [-0.2, 0) is 4.57 Å². The summed E-state index contributed by atoms with van der Waals surface area (Å²) in [5.74, 6) is 0. The van der Waals surface area contributed by atoms with Gasteiger partial charge in [-0.1, -0.05) is 0 Å². The van der Waals surface area contributed by atoms with E-state index >= 15 is 0 Å². The van der Waals surface area contributed by atoms with Crippen molar-refractivity contribution >= 4 is 148 Å². The quantitative estimate of drug-likeness (QED) is 0.296. The van der Waals surface area contributed by atoms with Gasteiger partial charge >= 0.3 is 148 Å². The van der Waals surface area contributed by atoms with Crippen LogP contribution in [0, 0.1) is 0 Å². The van der Waals surface area contributed by atoms with E-state index in [0.29, 0.717) is 0 Å². The van der Waals surface area contributed by atoms with Crippen LogP contribution in [0.5, 0.6) is 0 Å². The van der Waals surface area contributed by atoms with E-state index in [4.69, 9.17) is 19.2 Å². The van der Waals surface area contributed by atoms with E-state index in [9.17, 15) is 0 Å². The zero-order chi connectivity index (χ0) is 4.50. The van der Waals surface area contributed by atoms with Crippen LogP contribution in [0.3, 0.4) is 0 Å². The molecular weight excluding hydrogens is 422 g/mol. The van der Waals surface area contributed by atoms with Gasteiger partial charge in [-0.15, -0.1) is 0 Å². The Kier molecular flexibility index (Phi) is 49.6. The molecule has 0 aliphatic carbocycles. The van der Waals surface area contributed by atoms with Crippen molar-refractivity contribution in [2.75, 3.05) is 0 Å². The van der Waals surface area contributed by atoms with Gasteiger partial charge in [0.2, 0.25) is 0 Å². The van der Waals surface area contributed by atoms with Gasteiger partial charge in [-0.05, 0) is 0 Å². The van der Waals surface area contributed by atoms with Gasteiger partial charge in [0.1, 0.15) is 0 Å². The molecule has 0 heterocycles. The Labute approximate surface area is 172 Å². The molecule has 3 N–H and O–H groups in total. The van der Waals surface area contributed by atoms with E-state index in [1.54, 1.807) is 0 Å². The first kappa shape index (κ1) is 29.2. The fraction of sp³-hybridized carbons (Fsp3) is 0. The minimum atomic E-state index is -4.64. The SMILES string of the molecule is O=P(O)(O)O.[Ca+2].[Ca+2].[Ca+2].[H-].[H-].[H-].[H-].[H-].[H-].[PbH2]. The third-order valence-electron chi connectivity index (χ3n) is 0. The van der Waals surface area contributed by atoms with E-state index in [0.717, 1.165) is 0 Å². The summed E-state index contributed by atoms with van der Waals surface area (Å²) in [6.07, 6.45) is 0. The van der Waals surface area contributed by atoms with Gasteiger partial charge in [0.05, 0.1) is 0 Å². The zero-order valence-corrected chi connectivity index (χ0v) is 18.0. The van der Waals surface area contributed by atoms with E-state index < -0.39 is 7.82 Å². The van der Waals surface area contributed by atoms with E-state index in [1.165, 1.54) is 0 Å². The molecule has 0 bridgehead atoms. The third-order valence-corrected chi connectivity index (χ3v) is 0. The summed E-state index contributed by atoms with van der Waals surface area (Å²) in [6, 6.07) is 0. The molecule has 0 amide bonds. The normalized spacial score (nSPS) is 6.56. The molecule has 0 spiro atoms. The van der Waals surface area contributed by atoms with Crippen LogP contribution >= 0.6 is 7.82 Å². The van der Waals surface area contributed by atoms with Crippen LogP contribution in [0.1, 0.15) is 8.56 Å². The van der Waals surface area contributed by atoms with Gasteiger partial charge in [-0.3, -0.25) is 0 Å². The Morgan fingerprint density at radius 1 is 1.00 bits per heavy atom. The first-order chi connectivity index (χ1) is 2.00. The van der Waals surface area contributed by atoms with E-state index in [1.807, 2.05) is 0 Å². The standard InChI is InChI=1S/3Ca.H3O4P.Pb.8H/c;;;1-5(2,3)4;;;;;;;;;/h;;;(H3,1,2,3,4);;;;;;;;;/q3*+2;;;;;6*-1. The molecule has 9 heteroatoms. The van der Waals surface area contributed by atoms with Crippen molar-refractivity contribution in [1.82, 2.24) is 0 Å². The molecule has 4 nitrogen and oxygen atoms in total. The maximum atomic E-state index is 8.88. The van der Waals surface area contributed by atoms with Crippen LogP contribution in [0.25, 0.3) is 0 Å². The Balaban J connectivity index is -0.00000000178. The maximum absolute atomic E-state index is 8.88. The molecule has 0 aromatic heterocycles. The topological polar surface area (TPSA) is 77.8 Å². The van der Waals surface area contributed by atoms with Gasteiger partial charge in [0, 0.05) is 0 Å². The average molecular weight is 433 g/mol. The summed E-state index contributed by atoms with van der Waals surface area (Å²) in [6.45, 7) is 0. The molecule has 0 unspecified atom stereocenters. The third kappa shape index (κ3) is 64.7. The predicted molar refractivity (Wildman–Crippen MR) is 46.7 cm³/mol. The van der Waals surface area contributed by atoms with Crippen molar-refractivity contribution in [3.63, 3.8) is 0 Å². The first-order valence-electron chi connectivity index (χ1n) is 0.783. The number of hydrogen-bond donors (Lipinski definition) is 3. The van der Waals surface area contributed by atoms with Crippen molar-refractivity contribution in [3.8, 4) is 0 Å². The first-order valence-corrected chi connectivity index (χ1v) is 2.35. The summed E-state index contributed by atoms with van der Waals surface area (Å²) in [4.78, 5) is 21.6. The number of hydrogen-bond acceptors (Lipinski definition) is 1. The van der Waals surface area contributed by atoms with Crippen LogP contribution < -0.4 is 0 Å². The molecule has 0 aliphatic heterocycles. The molecule has 0 aromatic rings. The van der Waals surface area contributed by atoms with Crippen LogP contribution in [0.2, 0.25) is 0 Å². The van der Waals surface area contributed by atoms with Crippen LogP contribution in [0.4, 0.5) is 0 Å². The minimum absolute atomic E-state index is 0. The molecule has 2 radical (unpaired) electrons. The fourth-order valence-corrected chi connectivity index (χ4v) is 0. The monoisotopic (exact) mass is 434 g/mol. The summed E-state index contributed by atoms with van der Waals surface area (Å²) >= 11 is 0. The van der Waals surface area contributed by atoms with Crippen molar-refractivity contribution in [2.45, 2.75) is 0 Å². The Morgan fingerprint density at radius 2 is 1.00 bits per heavy atom. The van der Waals surface area contributed by atoms with Crippen LogP contribution in [-0.4, -0.2) is 155 Å². The van der Waals surface area contributed by atoms with Gasteiger partial charge in [-0.2, -0.15) is 0 Å². The fourth-order valence-electron chi connectivity index (χ4n) is 0. The molecule has 50 valence electrons. The molecular formula is H11Ca3O4PPb. The molecule has 9 heavy (non-hydrogen) atoms.